The Kier molecular flexibility index (Phi) is 4.53. The highest BCUT2D eigenvalue weighted by molar-refractivity contribution is 5.87. The minimum atomic E-state index is -0.949. The summed E-state index contributed by atoms with van der Waals surface area (Å²) in [6.07, 6.45) is 6.68. The molecule has 1 atom stereocenters. The SMILES string of the molecule is Cc1noc(-c2ccnc(N3CCC(Cc4cncc(C(=O)O)c4)C3)c2)n1. The van der Waals surface area contributed by atoms with E-state index in [1.807, 2.05) is 12.1 Å². The molecule has 138 valence electrons. The number of anilines is 1. The second kappa shape index (κ2) is 7.14. The predicted molar refractivity (Wildman–Crippen MR) is 97.5 cm³/mol. The third-order valence-corrected chi connectivity index (χ3v) is 4.70. The fourth-order valence-corrected chi connectivity index (χ4v) is 3.40. The number of carbonyl (C=O) groups is 1. The normalized spacial score (nSPS) is 16.6. The molecule has 1 saturated heterocycles. The molecule has 3 aromatic heterocycles. The number of aryl methyl sites for hydroxylation is 1. The van der Waals surface area contributed by atoms with Gasteiger partial charge in [-0.3, -0.25) is 4.98 Å². The van der Waals surface area contributed by atoms with Crippen LogP contribution in [0.1, 0.15) is 28.2 Å². The lowest BCUT2D eigenvalue weighted by molar-refractivity contribution is 0.0696. The number of nitrogens with zero attached hydrogens (tertiary/aromatic N) is 5. The molecule has 0 bridgehead atoms. The van der Waals surface area contributed by atoms with E-state index in [9.17, 15) is 4.79 Å². The van der Waals surface area contributed by atoms with Crippen LogP contribution in [0, 0.1) is 12.8 Å². The van der Waals surface area contributed by atoms with E-state index in [0.717, 1.165) is 42.9 Å². The van der Waals surface area contributed by atoms with Crippen LogP contribution in [0.2, 0.25) is 0 Å². The molecule has 0 aliphatic carbocycles. The average molecular weight is 365 g/mol. The molecule has 8 heteroatoms. The first-order valence-electron chi connectivity index (χ1n) is 8.77. The summed E-state index contributed by atoms with van der Waals surface area (Å²) >= 11 is 0. The third kappa shape index (κ3) is 3.79. The smallest absolute Gasteiger partial charge is 0.337 e. The number of hydrogen-bond donors (Lipinski definition) is 1. The molecule has 27 heavy (non-hydrogen) atoms. The van der Waals surface area contributed by atoms with Crippen molar-refractivity contribution in [2.45, 2.75) is 19.8 Å². The van der Waals surface area contributed by atoms with Gasteiger partial charge >= 0.3 is 5.97 Å². The zero-order valence-electron chi connectivity index (χ0n) is 14.9. The zero-order valence-corrected chi connectivity index (χ0v) is 14.9. The van der Waals surface area contributed by atoms with E-state index >= 15 is 0 Å². The van der Waals surface area contributed by atoms with Crippen molar-refractivity contribution in [2.24, 2.45) is 5.92 Å². The lowest BCUT2D eigenvalue weighted by Crippen LogP contribution is -2.21. The van der Waals surface area contributed by atoms with Crippen molar-refractivity contribution in [3.63, 3.8) is 0 Å². The minimum absolute atomic E-state index is 0.228. The van der Waals surface area contributed by atoms with E-state index in [1.165, 1.54) is 6.20 Å². The summed E-state index contributed by atoms with van der Waals surface area (Å²) < 4.78 is 5.24. The van der Waals surface area contributed by atoms with Crippen molar-refractivity contribution >= 4 is 11.8 Å². The van der Waals surface area contributed by atoms with Gasteiger partial charge in [0.2, 0.25) is 0 Å². The lowest BCUT2D eigenvalue weighted by Gasteiger charge is -2.18. The van der Waals surface area contributed by atoms with Crippen molar-refractivity contribution in [2.75, 3.05) is 18.0 Å². The molecular formula is C19H19N5O3. The summed E-state index contributed by atoms with van der Waals surface area (Å²) in [6.45, 7) is 3.54. The molecule has 0 amide bonds. The number of carboxylic acid groups (broad SMARTS) is 1. The first-order chi connectivity index (χ1) is 13.1. The van der Waals surface area contributed by atoms with Gasteiger partial charge in [-0.25, -0.2) is 9.78 Å². The Morgan fingerprint density at radius 3 is 3.04 bits per heavy atom. The monoisotopic (exact) mass is 365 g/mol. The second-order valence-electron chi connectivity index (χ2n) is 6.74. The van der Waals surface area contributed by atoms with E-state index in [-0.39, 0.29) is 5.56 Å². The van der Waals surface area contributed by atoms with Gasteiger partial charge in [0.15, 0.2) is 5.82 Å². The summed E-state index contributed by atoms with van der Waals surface area (Å²) in [5.41, 5.74) is 2.03. The summed E-state index contributed by atoms with van der Waals surface area (Å²) in [7, 11) is 0. The number of carboxylic acids is 1. The Bertz CT molecular complexity index is 971. The van der Waals surface area contributed by atoms with Crippen LogP contribution < -0.4 is 4.90 Å². The molecule has 4 heterocycles. The van der Waals surface area contributed by atoms with Gasteiger partial charge < -0.3 is 14.5 Å². The van der Waals surface area contributed by atoms with Gasteiger partial charge in [-0.05, 0) is 49.4 Å². The van der Waals surface area contributed by atoms with Gasteiger partial charge in [-0.15, -0.1) is 0 Å². The van der Waals surface area contributed by atoms with Gasteiger partial charge in [0.1, 0.15) is 5.82 Å². The number of hydrogen-bond acceptors (Lipinski definition) is 7. The zero-order chi connectivity index (χ0) is 18.8. The van der Waals surface area contributed by atoms with Crippen LogP contribution in [0.25, 0.3) is 11.5 Å². The number of rotatable bonds is 5. The Morgan fingerprint density at radius 1 is 1.37 bits per heavy atom. The Hall–Kier alpha value is -3.29. The number of aromatic carboxylic acids is 1. The van der Waals surface area contributed by atoms with Gasteiger partial charge in [0.25, 0.3) is 5.89 Å². The van der Waals surface area contributed by atoms with Gasteiger partial charge in [-0.1, -0.05) is 5.16 Å². The van der Waals surface area contributed by atoms with E-state index in [4.69, 9.17) is 9.63 Å². The molecule has 1 aliphatic heterocycles. The molecule has 3 aromatic rings. The van der Waals surface area contributed by atoms with E-state index < -0.39 is 5.97 Å². The van der Waals surface area contributed by atoms with E-state index in [2.05, 4.69) is 25.0 Å². The summed E-state index contributed by atoms with van der Waals surface area (Å²) in [5, 5.41) is 12.9. The van der Waals surface area contributed by atoms with Crippen LogP contribution in [-0.4, -0.2) is 44.3 Å². The molecular weight excluding hydrogens is 346 g/mol. The van der Waals surface area contributed by atoms with E-state index in [0.29, 0.717) is 17.6 Å². The maximum atomic E-state index is 11.1. The van der Waals surface area contributed by atoms with E-state index in [1.54, 1.807) is 25.4 Å². The second-order valence-corrected chi connectivity index (χ2v) is 6.74. The highest BCUT2D eigenvalue weighted by Crippen LogP contribution is 2.27. The average Bonchev–Trinajstić information content (AvgIpc) is 3.31. The maximum absolute atomic E-state index is 11.1. The van der Waals surface area contributed by atoms with Crippen LogP contribution in [-0.2, 0) is 6.42 Å². The van der Waals surface area contributed by atoms with Gasteiger partial charge in [-0.2, -0.15) is 4.98 Å². The third-order valence-electron chi connectivity index (χ3n) is 4.70. The van der Waals surface area contributed by atoms with Crippen molar-refractivity contribution in [3.05, 3.63) is 53.7 Å². The molecule has 1 N–H and O–H groups in total. The molecule has 0 saturated carbocycles. The molecule has 8 nitrogen and oxygen atoms in total. The molecule has 0 aromatic carbocycles. The minimum Gasteiger partial charge on any atom is -0.478 e. The van der Waals surface area contributed by atoms with Crippen LogP contribution >= 0.6 is 0 Å². The Morgan fingerprint density at radius 2 is 2.26 bits per heavy atom. The van der Waals surface area contributed by atoms with Crippen molar-refractivity contribution < 1.29 is 14.4 Å². The van der Waals surface area contributed by atoms with Gasteiger partial charge in [0.05, 0.1) is 5.56 Å². The molecule has 1 unspecified atom stereocenters. The molecule has 0 radical (unpaired) electrons. The highest BCUT2D eigenvalue weighted by atomic mass is 16.5. The topological polar surface area (TPSA) is 105 Å². The standard InChI is InChI=1S/C19H19N5O3/c1-12-22-18(27-23-12)15-2-4-21-17(8-15)24-5-3-13(11-24)6-14-7-16(19(25)26)10-20-9-14/h2,4,7-10,13H,3,5-6,11H2,1H3,(H,25,26). The number of pyridine rings is 2. The van der Waals surface area contributed by atoms with Crippen molar-refractivity contribution in [3.8, 4) is 11.5 Å². The quantitative estimate of drug-likeness (QED) is 0.735. The van der Waals surface area contributed by atoms with Crippen molar-refractivity contribution in [1.82, 2.24) is 20.1 Å². The van der Waals surface area contributed by atoms with Crippen LogP contribution in [0.4, 0.5) is 5.82 Å². The van der Waals surface area contributed by atoms with Crippen LogP contribution in [0.5, 0.6) is 0 Å². The maximum Gasteiger partial charge on any atom is 0.337 e. The Balaban J connectivity index is 1.45. The molecule has 4 rings (SSSR count). The predicted octanol–water partition coefficient (Wildman–Crippen LogP) is 2.60. The first-order valence-corrected chi connectivity index (χ1v) is 8.77. The van der Waals surface area contributed by atoms with Gasteiger partial charge in [0, 0.05) is 37.2 Å². The largest absolute Gasteiger partial charge is 0.478 e. The van der Waals surface area contributed by atoms with Crippen LogP contribution in [0.3, 0.4) is 0 Å². The molecule has 1 aliphatic rings. The molecule has 0 spiro atoms. The fraction of sp³-hybridized carbons (Fsp3) is 0.316. The summed E-state index contributed by atoms with van der Waals surface area (Å²) in [5.74, 6) is 1.44. The summed E-state index contributed by atoms with van der Waals surface area (Å²) in [4.78, 5) is 26.1. The Labute approximate surface area is 155 Å². The highest BCUT2D eigenvalue weighted by Gasteiger charge is 2.24. The summed E-state index contributed by atoms with van der Waals surface area (Å²) in [6, 6.07) is 5.52. The van der Waals surface area contributed by atoms with Crippen molar-refractivity contribution in [1.29, 1.82) is 0 Å². The molecule has 1 fully saturated rings. The fourth-order valence-electron chi connectivity index (χ4n) is 3.40. The van der Waals surface area contributed by atoms with Crippen LogP contribution in [0.15, 0.2) is 41.3 Å². The number of aromatic nitrogens is 4. The lowest BCUT2D eigenvalue weighted by atomic mass is 9.99. The first kappa shape index (κ1) is 17.1.